The van der Waals surface area contributed by atoms with Crippen molar-refractivity contribution in [1.29, 1.82) is 0 Å². The van der Waals surface area contributed by atoms with Crippen LogP contribution in [0, 0.1) is 0 Å². The van der Waals surface area contributed by atoms with Crippen molar-refractivity contribution in [2.24, 2.45) is 7.05 Å². The third-order valence-electron chi connectivity index (χ3n) is 3.30. The van der Waals surface area contributed by atoms with Crippen molar-refractivity contribution in [3.8, 4) is 0 Å². The highest BCUT2D eigenvalue weighted by Gasteiger charge is 2.28. The topological polar surface area (TPSA) is 39.1 Å². The van der Waals surface area contributed by atoms with Gasteiger partial charge in [0.15, 0.2) is 0 Å². The van der Waals surface area contributed by atoms with Crippen LogP contribution in [0.2, 0.25) is 0 Å². The summed E-state index contributed by atoms with van der Waals surface area (Å²) in [6.45, 7) is 7.35. The van der Waals surface area contributed by atoms with Crippen LogP contribution in [-0.2, 0) is 18.2 Å². The van der Waals surface area contributed by atoms with Crippen LogP contribution < -0.4 is 5.32 Å². The summed E-state index contributed by atoms with van der Waals surface area (Å²) >= 11 is 0. The Morgan fingerprint density at radius 2 is 2.24 bits per heavy atom. The van der Waals surface area contributed by atoms with Gasteiger partial charge in [0.1, 0.15) is 0 Å². The molecule has 0 aliphatic heterocycles. The highest BCUT2D eigenvalue weighted by molar-refractivity contribution is 5.04. The summed E-state index contributed by atoms with van der Waals surface area (Å²) in [4.78, 5) is 0. The van der Waals surface area contributed by atoms with Gasteiger partial charge in [0.25, 0.3) is 0 Å². The number of likely N-dealkylation sites (N-methyl/N-ethyl adjacent to an activating group) is 1. The lowest BCUT2D eigenvalue weighted by molar-refractivity contribution is -0.0119. The van der Waals surface area contributed by atoms with Gasteiger partial charge in [-0.1, -0.05) is 6.92 Å². The molecule has 0 fully saturated rings. The van der Waals surface area contributed by atoms with E-state index in [4.69, 9.17) is 4.74 Å². The van der Waals surface area contributed by atoms with Crippen LogP contribution in [0.4, 0.5) is 0 Å². The molecule has 0 saturated carbocycles. The Hall–Kier alpha value is -0.870. The normalized spacial score (nSPS) is 13.9. The second-order valence-corrected chi connectivity index (χ2v) is 4.98. The number of hydrogen-bond donors (Lipinski definition) is 1. The number of methoxy groups -OCH3 is 1. The first kappa shape index (κ1) is 14.2. The van der Waals surface area contributed by atoms with Gasteiger partial charge in [-0.25, -0.2) is 0 Å². The van der Waals surface area contributed by atoms with E-state index in [-0.39, 0.29) is 5.60 Å². The van der Waals surface area contributed by atoms with E-state index in [0.29, 0.717) is 6.04 Å². The first-order valence-corrected chi connectivity index (χ1v) is 6.25. The Morgan fingerprint density at radius 3 is 2.71 bits per heavy atom. The van der Waals surface area contributed by atoms with Crippen molar-refractivity contribution in [2.75, 3.05) is 13.7 Å². The third-order valence-corrected chi connectivity index (χ3v) is 3.30. The molecule has 0 amide bonds. The van der Waals surface area contributed by atoms with Crippen LogP contribution in [0.5, 0.6) is 0 Å². The monoisotopic (exact) mass is 239 g/mol. The van der Waals surface area contributed by atoms with Crippen molar-refractivity contribution in [3.63, 3.8) is 0 Å². The molecular weight excluding hydrogens is 214 g/mol. The second kappa shape index (κ2) is 6.17. The average Bonchev–Trinajstić information content (AvgIpc) is 2.70. The van der Waals surface area contributed by atoms with E-state index >= 15 is 0 Å². The number of hydrogen-bond acceptors (Lipinski definition) is 3. The van der Waals surface area contributed by atoms with Crippen molar-refractivity contribution in [2.45, 2.75) is 45.3 Å². The smallest absolute Gasteiger partial charge is 0.0775 e. The Morgan fingerprint density at radius 1 is 1.53 bits per heavy atom. The van der Waals surface area contributed by atoms with E-state index in [1.807, 2.05) is 17.9 Å². The molecule has 17 heavy (non-hydrogen) atoms. The molecule has 0 aromatic carbocycles. The molecule has 4 nitrogen and oxygen atoms in total. The molecule has 1 aromatic heterocycles. The van der Waals surface area contributed by atoms with Gasteiger partial charge < -0.3 is 10.1 Å². The van der Waals surface area contributed by atoms with Crippen molar-refractivity contribution >= 4 is 0 Å². The molecule has 0 bridgehead atoms. The fourth-order valence-electron chi connectivity index (χ4n) is 2.00. The SMILES string of the molecule is CCNC(CCc1cnn(C)c1)C(C)(C)OC. The van der Waals surface area contributed by atoms with E-state index in [9.17, 15) is 0 Å². The fourth-order valence-corrected chi connectivity index (χ4v) is 2.00. The van der Waals surface area contributed by atoms with Crippen LogP contribution in [-0.4, -0.2) is 35.1 Å². The van der Waals surface area contributed by atoms with Gasteiger partial charge >= 0.3 is 0 Å². The van der Waals surface area contributed by atoms with E-state index in [1.54, 1.807) is 7.11 Å². The minimum absolute atomic E-state index is 0.141. The number of ether oxygens (including phenoxy) is 1. The van der Waals surface area contributed by atoms with E-state index in [1.165, 1.54) is 5.56 Å². The van der Waals surface area contributed by atoms with Crippen LogP contribution in [0.15, 0.2) is 12.4 Å². The summed E-state index contributed by atoms with van der Waals surface area (Å²) in [7, 11) is 3.72. The molecule has 1 unspecified atom stereocenters. The zero-order valence-electron chi connectivity index (χ0n) is 11.7. The predicted molar refractivity (Wildman–Crippen MR) is 70.1 cm³/mol. The fraction of sp³-hybridized carbons (Fsp3) is 0.769. The molecule has 0 aliphatic rings. The van der Waals surface area contributed by atoms with Crippen LogP contribution >= 0.6 is 0 Å². The minimum atomic E-state index is -0.141. The molecule has 0 saturated heterocycles. The molecule has 0 aliphatic carbocycles. The average molecular weight is 239 g/mol. The number of rotatable bonds is 7. The number of aryl methyl sites for hydroxylation is 2. The molecule has 1 heterocycles. The van der Waals surface area contributed by atoms with E-state index in [0.717, 1.165) is 19.4 Å². The summed E-state index contributed by atoms with van der Waals surface area (Å²) in [5.74, 6) is 0. The molecular formula is C13H25N3O. The lowest BCUT2D eigenvalue weighted by atomic mass is 9.93. The molecule has 1 aromatic rings. The maximum absolute atomic E-state index is 5.56. The van der Waals surface area contributed by atoms with Gasteiger partial charge in [0.05, 0.1) is 11.8 Å². The largest absolute Gasteiger partial charge is 0.377 e. The summed E-state index contributed by atoms with van der Waals surface area (Å²) in [5, 5.41) is 7.69. The van der Waals surface area contributed by atoms with Crippen LogP contribution in [0.1, 0.15) is 32.8 Å². The zero-order valence-corrected chi connectivity index (χ0v) is 11.7. The molecule has 0 radical (unpaired) electrons. The molecule has 1 N–H and O–H groups in total. The van der Waals surface area contributed by atoms with Gasteiger partial charge in [-0.15, -0.1) is 0 Å². The quantitative estimate of drug-likeness (QED) is 0.788. The van der Waals surface area contributed by atoms with Crippen LogP contribution in [0.25, 0.3) is 0 Å². The van der Waals surface area contributed by atoms with Gasteiger partial charge in [0, 0.05) is 26.4 Å². The van der Waals surface area contributed by atoms with Gasteiger partial charge in [-0.05, 0) is 38.8 Å². The minimum Gasteiger partial charge on any atom is -0.377 e. The maximum Gasteiger partial charge on any atom is 0.0775 e. The first-order valence-electron chi connectivity index (χ1n) is 6.25. The van der Waals surface area contributed by atoms with E-state index < -0.39 is 0 Å². The summed E-state index contributed by atoms with van der Waals surface area (Å²) in [6.07, 6.45) is 6.09. The Kier molecular flexibility index (Phi) is 5.15. The highest BCUT2D eigenvalue weighted by atomic mass is 16.5. The third kappa shape index (κ3) is 4.13. The lowest BCUT2D eigenvalue weighted by Crippen LogP contribution is -2.48. The standard InChI is InChI=1S/C13H25N3O/c1-6-14-12(13(2,3)17-5)8-7-11-9-15-16(4)10-11/h9-10,12,14H,6-8H2,1-5H3. The number of nitrogens with zero attached hydrogens (tertiary/aromatic N) is 2. The lowest BCUT2D eigenvalue weighted by Gasteiger charge is -2.33. The molecule has 98 valence electrons. The first-order chi connectivity index (χ1) is 7.99. The molecule has 4 heteroatoms. The molecule has 1 atom stereocenters. The second-order valence-electron chi connectivity index (χ2n) is 4.98. The zero-order chi connectivity index (χ0) is 12.9. The summed E-state index contributed by atoms with van der Waals surface area (Å²) in [5.41, 5.74) is 1.14. The summed E-state index contributed by atoms with van der Waals surface area (Å²) < 4.78 is 7.41. The van der Waals surface area contributed by atoms with Gasteiger partial charge in [0.2, 0.25) is 0 Å². The predicted octanol–water partition coefficient (Wildman–Crippen LogP) is 1.76. The Labute approximate surface area is 104 Å². The molecule has 0 spiro atoms. The van der Waals surface area contributed by atoms with Crippen molar-refractivity contribution in [1.82, 2.24) is 15.1 Å². The van der Waals surface area contributed by atoms with Crippen molar-refractivity contribution < 1.29 is 4.74 Å². The molecule has 1 rings (SSSR count). The summed E-state index contributed by atoms with van der Waals surface area (Å²) in [6, 6.07) is 0.359. The van der Waals surface area contributed by atoms with Crippen LogP contribution in [0.3, 0.4) is 0 Å². The van der Waals surface area contributed by atoms with E-state index in [2.05, 4.69) is 37.4 Å². The van der Waals surface area contributed by atoms with Gasteiger partial charge in [-0.2, -0.15) is 5.10 Å². The van der Waals surface area contributed by atoms with Gasteiger partial charge in [-0.3, -0.25) is 4.68 Å². The Balaban J connectivity index is 2.55. The number of aromatic nitrogens is 2. The van der Waals surface area contributed by atoms with Crippen molar-refractivity contribution in [3.05, 3.63) is 18.0 Å². The Bertz CT molecular complexity index is 333. The number of nitrogens with one attached hydrogen (secondary N) is 1. The highest BCUT2D eigenvalue weighted by Crippen LogP contribution is 2.18. The maximum atomic E-state index is 5.56.